The minimum absolute atomic E-state index is 1.50. The molecule has 0 saturated heterocycles. The zero-order valence-corrected chi connectivity index (χ0v) is 10.4. The van der Waals surface area contributed by atoms with E-state index >= 15 is 0 Å². The third-order valence-electron chi connectivity index (χ3n) is 3.60. The monoisotopic (exact) mass is 264 g/mol. The molecule has 0 heterocycles. The molecular formula is C12H24O6. The Bertz CT molecular complexity index is 163. The molecule has 0 bridgehead atoms. The molecule has 0 aromatic rings. The van der Waals surface area contributed by atoms with E-state index in [1.807, 2.05) is 0 Å². The van der Waals surface area contributed by atoms with Crippen LogP contribution in [-0.4, -0.2) is 67.3 Å². The second-order valence-corrected chi connectivity index (χ2v) is 5.06. The molecule has 6 nitrogen and oxygen atoms in total. The molecule has 6 N–H and O–H groups in total. The van der Waals surface area contributed by atoms with E-state index < -0.39 is 36.6 Å². The van der Waals surface area contributed by atoms with E-state index in [4.69, 9.17) is 30.6 Å². The van der Waals surface area contributed by atoms with Crippen molar-refractivity contribution >= 4 is 0 Å². The summed E-state index contributed by atoms with van der Waals surface area (Å²) in [5.74, 6) is 0. The van der Waals surface area contributed by atoms with Gasteiger partial charge in [0.2, 0.25) is 0 Å². The first-order valence-corrected chi connectivity index (χ1v) is 6.55. The van der Waals surface area contributed by atoms with E-state index in [0.29, 0.717) is 0 Å². The maximum Gasteiger partial charge on any atom is 0.111 e. The summed E-state index contributed by atoms with van der Waals surface area (Å²) in [6.07, 6.45) is -0.842. The molecule has 0 aromatic heterocycles. The molecule has 0 spiro atoms. The Morgan fingerprint density at radius 3 is 0.556 bits per heavy atom. The molecule has 0 atom stereocenters. The molecule has 2 aliphatic carbocycles. The summed E-state index contributed by atoms with van der Waals surface area (Å²) in [7, 11) is 0. The minimum Gasteiger partial charge on any atom is -0.387 e. The van der Waals surface area contributed by atoms with Gasteiger partial charge in [0.1, 0.15) is 36.6 Å². The summed E-state index contributed by atoms with van der Waals surface area (Å²) in [6.45, 7) is 0. The van der Waals surface area contributed by atoms with Gasteiger partial charge in [0.15, 0.2) is 0 Å². The largest absolute Gasteiger partial charge is 0.387 e. The number of aliphatic hydroxyl groups excluding tert-OH is 6. The van der Waals surface area contributed by atoms with Crippen LogP contribution in [0.25, 0.3) is 0 Å². The van der Waals surface area contributed by atoms with Crippen LogP contribution in [0.4, 0.5) is 0 Å². The van der Waals surface area contributed by atoms with Gasteiger partial charge in [-0.15, -0.1) is 0 Å². The lowest BCUT2D eigenvalue weighted by molar-refractivity contribution is -0.223. The van der Waals surface area contributed by atoms with E-state index in [1.54, 1.807) is 0 Å². The molecule has 18 heavy (non-hydrogen) atoms. The van der Waals surface area contributed by atoms with Crippen LogP contribution in [0.15, 0.2) is 0 Å². The maximum absolute atomic E-state index is 8.97. The Labute approximate surface area is 107 Å². The predicted molar refractivity (Wildman–Crippen MR) is 63.7 cm³/mol. The van der Waals surface area contributed by atoms with Crippen molar-refractivity contribution in [2.24, 2.45) is 0 Å². The van der Waals surface area contributed by atoms with Gasteiger partial charge >= 0.3 is 0 Å². The number of hydrogen-bond acceptors (Lipinski definition) is 6. The van der Waals surface area contributed by atoms with Crippen LogP contribution in [-0.2, 0) is 0 Å². The van der Waals surface area contributed by atoms with Crippen LogP contribution in [0.1, 0.15) is 38.5 Å². The lowest BCUT2D eigenvalue weighted by Gasteiger charge is -2.39. The van der Waals surface area contributed by atoms with Gasteiger partial charge in [-0.25, -0.2) is 0 Å². The highest BCUT2D eigenvalue weighted by molar-refractivity contribution is 4.98. The van der Waals surface area contributed by atoms with Crippen molar-refractivity contribution < 1.29 is 30.6 Å². The van der Waals surface area contributed by atoms with Crippen molar-refractivity contribution in [2.75, 3.05) is 0 Å². The molecule has 2 rings (SSSR count). The molecule has 0 radical (unpaired) electrons. The molecule has 6 heteroatoms. The van der Waals surface area contributed by atoms with E-state index in [2.05, 4.69) is 0 Å². The third kappa shape index (κ3) is 3.88. The first-order valence-electron chi connectivity index (χ1n) is 6.55. The van der Waals surface area contributed by atoms with E-state index in [0.717, 1.165) is 0 Å². The van der Waals surface area contributed by atoms with Gasteiger partial charge in [-0.2, -0.15) is 0 Å². The molecule has 108 valence electrons. The topological polar surface area (TPSA) is 121 Å². The second kappa shape index (κ2) is 7.37. The molecule has 0 amide bonds. The number of rotatable bonds is 0. The van der Waals surface area contributed by atoms with Crippen molar-refractivity contribution in [1.29, 1.82) is 0 Å². The molecule has 0 unspecified atom stereocenters. The van der Waals surface area contributed by atoms with Crippen LogP contribution in [0, 0.1) is 0 Å². The van der Waals surface area contributed by atoms with Gasteiger partial charge in [-0.05, 0) is 0 Å². The zero-order valence-electron chi connectivity index (χ0n) is 10.4. The molecule has 2 saturated carbocycles. The van der Waals surface area contributed by atoms with Gasteiger partial charge < -0.3 is 30.6 Å². The highest BCUT2D eigenvalue weighted by atomic mass is 16.4. The van der Waals surface area contributed by atoms with Gasteiger partial charge in [0, 0.05) is 0 Å². The normalized spacial score (nSPS) is 45.0. The molecule has 0 aliphatic heterocycles. The maximum atomic E-state index is 8.97. The quantitative estimate of drug-likeness (QED) is 0.317. The summed E-state index contributed by atoms with van der Waals surface area (Å²) >= 11 is 0. The summed E-state index contributed by atoms with van der Waals surface area (Å²) in [6, 6.07) is 0. The standard InChI is InChI=1S/C6H12O6.C6H12/c7-1-2(8)4(10)6(12)5(11)3(1)9;1-2-4-6-5-3-1/h1-12H;1-6H2. The Morgan fingerprint density at radius 1 is 0.333 bits per heavy atom. The molecule has 0 aromatic carbocycles. The Kier molecular flexibility index (Phi) is 6.48. The van der Waals surface area contributed by atoms with Crippen LogP contribution in [0.2, 0.25) is 0 Å². The van der Waals surface area contributed by atoms with Crippen molar-refractivity contribution in [1.82, 2.24) is 0 Å². The lowest BCUT2D eigenvalue weighted by atomic mass is 9.85. The fraction of sp³-hybridized carbons (Fsp3) is 1.00. The van der Waals surface area contributed by atoms with Crippen molar-refractivity contribution in [3.05, 3.63) is 0 Å². The second-order valence-electron chi connectivity index (χ2n) is 5.06. The van der Waals surface area contributed by atoms with Gasteiger partial charge in [-0.3, -0.25) is 0 Å². The van der Waals surface area contributed by atoms with Crippen molar-refractivity contribution in [3.63, 3.8) is 0 Å². The van der Waals surface area contributed by atoms with Gasteiger partial charge in [-0.1, -0.05) is 38.5 Å². The minimum atomic E-state index is -1.64. The third-order valence-corrected chi connectivity index (χ3v) is 3.60. The van der Waals surface area contributed by atoms with Gasteiger partial charge in [0.05, 0.1) is 0 Å². The zero-order chi connectivity index (χ0) is 13.7. The van der Waals surface area contributed by atoms with Gasteiger partial charge in [0.25, 0.3) is 0 Å². The highest BCUT2D eigenvalue weighted by Crippen LogP contribution is 2.20. The van der Waals surface area contributed by atoms with E-state index in [9.17, 15) is 0 Å². The summed E-state index contributed by atoms with van der Waals surface area (Å²) in [5.41, 5.74) is 0. The summed E-state index contributed by atoms with van der Waals surface area (Å²) in [4.78, 5) is 0. The lowest BCUT2D eigenvalue weighted by Crippen LogP contribution is -2.63. The van der Waals surface area contributed by atoms with Crippen LogP contribution in [0.5, 0.6) is 0 Å². The Morgan fingerprint density at radius 2 is 0.444 bits per heavy atom. The average Bonchev–Trinajstić information content (AvgIpc) is 2.43. The van der Waals surface area contributed by atoms with E-state index in [1.165, 1.54) is 38.5 Å². The highest BCUT2D eigenvalue weighted by Gasteiger charge is 2.47. The van der Waals surface area contributed by atoms with E-state index in [-0.39, 0.29) is 0 Å². The van der Waals surface area contributed by atoms with Crippen LogP contribution in [0.3, 0.4) is 0 Å². The van der Waals surface area contributed by atoms with Crippen molar-refractivity contribution in [3.8, 4) is 0 Å². The fourth-order valence-corrected chi connectivity index (χ4v) is 2.27. The smallest absolute Gasteiger partial charge is 0.111 e. The summed E-state index contributed by atoms with van der Waals surface area (Å²) in [5, 5.41) is 53.8. The summed E-state index contributed by atoms with van der Waals surface area (Å²) < 4.78 is 0. The van der Waals surface area contributed by atoms with Crippen LogP contribution < -0.4 is 0 Å². The first-order chi connectivity index (χ1) is 8.46. The Balaban J connectivity index is 0.000000225. The van der Waals surface area contributed by atoms with Crippen LogP contribution >= 0.6 is 0 Å². The average molecular weight is 264 g/mol. The first kappa shape index (κ1) is 15.8. The molecule has 2 aliphatic rings. The number of aliphatic hydroxyl groups is 6. The van der Waals surface area contributed by atoms with Crippen molar-refractivity contribution in [2.45, 2.75) is 75.1 Å². The fourth-order valence-electron chi connectivity index (χ4n) is 2.27. The number of hydrogen-bond donors (Lipinski definition) is 6. The SMILES string of the molecule is C1CCCCC1.OC1C(O)C(O)C(O)C(O)C1O. The predicted octanol–water partition coefficient (Wildman–Crippen LogP) is -1.49. The molecule has 2 fully saturated rings. The Hall–Kier alpha value is -0.240. The molecular weight excluding hydrogens is 240 g/mol.